The summed E-state index contributed by atoms with van der Waals surface area (Å²) in [5, 5.41) is 8.15. The number of imidazole rings is 2. The Bertz CT molecular complexity index is 3670. The van der Waals surface area contributed by atoms with Crippen LogP contribution in [0.25, 0.3) is 98.8 Å². The van der Waals surface area contributed by atoms with E-state index in [4.69, 9.17) is 9.97 Å². The first kappa shape index (κ1) is 33.1. The third-order valence-electron chi connectivity index (χ3n) is 11.9. The minimum Gasteiger partial charge on any atom is -0.326 e. The number of rotatable bonds is 0. The quantitative estimate of drug-likeness (QED) is 0.113. The number of hydrogen-bond donors (Lipinski definition) is 0. The monoisotopic (exact) mass is 809 g/mol. The summed E-state index contributed by atoms with van der Waals surface area (Å²) in [5.74, 6) is 0.819. The third-order valence-corrected chi connectivity index (χ3v) is 11.9. The summed E-state index contributed by atoms with van der Waals surface area (Å²) < 4.78 is 9.85. The molecule has 7 aromatic carbocycles. The predicted molar refractivity (Wildman–Crippen MR) is 228 cm³/mol. The van der Waals surface area contributed by atoms with Gasteiger partial charge in [-0.3, -0.25) is 8.80 Å². The van der Waals surface area contributed by atoms with E-state index in [1.807, 2.05) is 0 Å². The minimum atomic E-state index is -0.124. The predicted octanol–water partition coefficient (Wildman–Crippen LogP) is 12.2. The molecule has 56 heavy (non-hydrogen) atoms. The molecule has 1 radical (unpaired) electrons. The van der Waals surface area contributed by atoms with E-state index in [-0.39, 0.29) is 25.6 Å². The van der Waals surface area contributed by atoms with Crippen LogP contribution < -0.4 is 0 Å². The molecule has 0 bridgehead atoms. The van der Waals surface area contributed by atoms with E-state index < -0.39 is 0 Å². The summed E-state index contributed by atoms with van der Waals surface area (Å²) >= 11 is 0. The maximum atomic E-state index is 5.45. The van der Waals surface area contributed by atoms with Crippen molar-refractivity contribution in [2.75, 3.05) is 0 Å². The molecular weight excluding hydrogens is 774 g/mol. The molecular formula is C49H35N6Ru. The Hall–Kier alpha value is -6.30. The maximum absolute atomic E-state index is 5.45. The van der Waals surface area contributed by atoms with Gasteiger partial charge in [0.1, 0.15) is 11.8 Å². The zero-order valence-electron chi connectivity index (χ0n) is 31.3. The molecule has 269 valence electrons. The molecule has 0 fully saturated rings. The molecule has 0 N–H and O–H groups in total. The first-order chi connectivity index (χ1) is 27.0. The van der Waals surface area contributed by atoms with Crippen molar-refractivity contribution >= 4 is 98.8 Å². The van der Waals surface area contributed by atoms with E-state index >= 15 is 0 Å². The first-order valence-corrected chi connectivity index (χ1v) is 19.0. The maximum Gasteiger partial charge on any atom is 1.00 e. The standard InChI is InChI=1S/C49H35N6.Ru/c1-28-26-30(3)45-38(27-28)35-18-8-6-16-33(35)32-15-5-7-17-34(32)36-24-25-43-47-46(36)52(45)31(4)53(47)44-29(2)14-13-19-37(44)48-50-39-20-9-12-23-42(39)55(48)49-51-40-21-10-11-22-41(40)54(43)49;/h5-17,19-27,31H,1-4H3;/q-1;+1/t31-;/m0./s1. The van der Waals surface area contributed by atoms with Crippen LogP contribution in [0, 0.1) is 26.8 Å². The van der Waals surface area contributed by atoms with Gasteiger partial charge in [0, 0.05) is 16.3 Å². The SMILES string of the molecule is Cc1cc(C)c2c(c1)c1[c-]cccc1c1ccccc1c1ccc3c4c1n2[C@H](C)n4c1c(C)cccc1c1nc2ccccc2n1c1nc2ccccc2n31.[Ru+]. The molecule has 0 amide bonds. The van der Waals surface area contributed by atoms with Crippen LogP contribution in [0.15, 0.2) is 133 Å². The minimum absolute atomic E-state index is 0. The van der Waals surface area contributed by atoms with Crippen LogP contribution in [0.1, 0.15) is 29.8 Å². The van der Waals surface area contributed by atoms with Crippen LogP contribution in [-0.4, -0.2) is 27.9 Å². The topological polar surface area (TPSA) is 44.5 Å². The van der Waals surface area contributed by atoms with Crippen LogP contribution in [-0.2, 0) is 19.5 Å². The molecule has 0 unspecified atom stereocenters. The molecule has 0 saturated carbocycles. The summed E-state index contributed by atoms with van der Waals surface area (Å²) in [7, 11) is 0. The summed E-state index contributed by atoms with van der Waals surface area (Å²) in [6.07, 6.45) is -0.124. The fourth-order valence-corrected chi connectivity index (χ4v) is 9.81. The molecule has 11 aromatic rings. The summed E-state index contributed by atoms with van der Waals surface area (Å²) in [6, 6.07) is 52.0. The van der Waals surface area contributed by atoms with Crippen molar-refractivity contribution in [3.8, 4) is 0 Å². The Kier molecular flexibility index (Phi) is 7.00. The average Bonchev–Trinajstić information content (AvgIpc) is 3.87. The molecule has 6 nitrogen and oxygen atoms in total. The van der Waals surface area contributed by atoms with E-state index in [1.165, 1.54) is 54.7 Å². The van der Waals surface area contributed by atoms with Crippen LogP contribution >= 0.6 is 0 Å². The molecule has 5 heterocycles. The van der Waals surface area contributed by atoms with Crippen molar-refractivity contribution < 1.29 is 19.5 Å². The summed E-state index contributed by atoms with van der Waals surface area (Å²) in [5.41, 5.74) is 14.2. The Labute approximate surface area is 334 Å². The second-order valence-electron chi connectivity index (χ2n) is 15.2. The van der Waals surface area contributed by atoms with Gasteiger partial charge in [0.05, 0.1) is 44.1 Å². The smallest absolute Gasteiger partial charge is 0.326 e. The number of fused-ring (bicyclic) bond motifs is 18. The molecule has 1 atom stereocenters. The number of hydrogen-bond acceptors (Lipinski definition) is 2. The Morgan fingerprint density at radius 2 is 1.14 bits per heavy atom. The number of nitrogens with zero attached hydrogens (tertiary/aromatic N) is 6. The molecule has 1 aliphatic heterocycles. The van der Waals surface area contributed by atoms with Crippen molar-refractivity contribution in [3.05, 3.63) is 156 Å². The van der Waals surface area contributed by atoms with Crippen LogP contribution in [0.4, 0.5) is 0 Å². The number of aryl methyl sites for hydroxylation is 3. The van der Waals surface area contributed by atoms with E-state index in [1.54, 1.807) is 0 Å². The largest absolute Gasteiger partial charge is 1.00 e. The van der Waals surface area contributed by atoms with Crippen molar-refractivity contribution in [2.45, 2.75) is 33.9 Å². The zero-order chi connectivity index (χ0) is 36.7. The van der Waals surface area contributed by atoms with E-state index in [2.05, 4.69) is 185 Å². The molecule has 7 heteroatoms. The van der Waals surface area contributed by atoms with E-state index in [0.717, 1.165) is 60.8 Å². The zero-order valence-corrected chi connectivity index (χ0v) is 33.1. The van der Waals surface area contributed by atoms with Gasteiger partial charge in [-0.15, -0.1) is 35.0 Å². The van der Waals surface area contributed by atoms with Gasteiger partial charge >= 0.3 is 19.5 Å². The molecule has 0 spiro atoms. The van der Waals surface area contributed by atoms with E-state index in [0.29, 0.717) is 0 Å². The van der Waals surface area contributed by atoms with Gasteiger partial charge in [-0.1, -0.05) is 95.2 Å². The van der Waals surface area contributed by atoms with Crippen LogP contribution in [0.3, 0.4) is 0 Å². The Balaban J connectivity index is 0.00000363. The molecule has 0 aliphatic carbocycles. The average molecular weight is 809 g/mol. The van der Waals surface area contributed by atoms with Gasteiger partial charge in [0.15, 0.2) is 0 Å². The van der Waals surface area contributed by atoms with Gasteiger partial charge in [-0.05, 0) is 80.6 Å². The van der Waals surface area contributed by atoms with Crippen molar-refractivity contribution in [3.63, 3.8) is 0 Å². The van der Waals surface area contributed by atoms with Gasteiger partial charge in [-0.2, -0.15) is 0 Å². The summed E-state index contributed by atoms with van der Waals surface area (Å²) in [6.45, 7) is 9.07. The third kappa shape index (κ3) is 4.24. The number of benzene rings is 7. The van der Waals surface area contributed by atoms with Gasteiger partial charge < -0.3 is 9.13 Å². The fraction of sp³-hybridized carbons (Fsp3) is 0.102. The van der Waals surface area contributed by atoms with Gasteiger partial charge in [-0.25, -0.2) is 9.97 Å². The second kappa shape index (κ2) is 11.9. The Morgan fingerprint density at radius 3 is 1.95 bits per heavy atom. The second-order valence-corrected chi connectivity index (χ2v) is 15.2. The van der Waals surface area contributed by atoms with E-state index in [9.17, 15) is 0 Å². The molecule has 1 aliphatic rings. The van der Waals surface area contributed by atoms with Crippen LogP contribution in [0.2, 0.25) is 0 Å². The molecule has 12 rings (SSSR count). The molecule has 4 aromatic heterocycles. The number of aromatic nitrogens is 6. The molecule has 0 saturated heterocycles. The van der Waals surface area contributed by atoms with Crippen LogP contribution in [0.5, 0.6) is 0 Å². The first-order valence-electron chi connectivity index (χ1n) is 19.0. The van der Waals surface area contributed by atoms with Gasteiger partial charge in [0.25, 0.3) is 0 Å². The van der Waals surface area contributed by atoms with Crippen molar-refractivity contribution in [1.29, 1.82) is 0 Å². The van der Waals surface area contributed by atoms with Crippen molar-refractivity contribution in [2.24, 2.45) is 0 Å². The van der Waals surface area contributed by atoms with Gasteiger partial charge in [0.2, 0.25) is 5.78 Å². The Morgan fingerprint density at radius 1 is 0.500 bits per heavy atom. The summed E-state index contributed by atoms with van der Waals surface area (Å²) in [4.78, 5) is 10.9. The fourth-order valence-electron chi connectivity index (χ4n) is 9.81. The normalized spacial score (nSPS) is 13.8. The number of para-hydroxylation sites is 5. The van der Waals surface area contributed by atoms with Crippen molar-refractivity contribution in [1.82, 2.24) is 27.9 Å².